The van der Waals surface area contributed by atoms with E-state index < -0.39 is 9.84 Å². The maximum atomic E-state index is 12.5. The van der Waals surface area contributed by atoms with E-state index >= 15 is 0 Å². The van der Waals surface area contributed by atoms with Crippen molar-refractivity contribution in [1.82, 2.24) is 5.32 Å². The average molecular weight is 391 g/mol. The quantitative estimate of drug-likeness (QED) is 0.746. The predicted molar refractivity (Wildman–Crippen MR) is 104 cm³/mol. The van der Waals surface area contributed by atoms with Gasteiger partial charge in [0.1, 0.15) is 0 Å². The zero-order chi connectivity index (χ0) is 20.0. The van der Waals surface area contributed by atoms with Crippen molar-refractivity contribution in [2.75, 3.05) is 19.5 Å². The van der Waals surface area contributed by atoms with Crippen LogP contribution in [0.3, 0.4) is 0 Å². The lowest BCUT2D eigenvalue weighted by Crippen LogP contribution is -2.26. The first kappa shape index (κ1) is 20.8. The van der Waals surface area contributed by atoms with Crippen molar-refractivity contribution in [3.8, 4) is 11.5 Å². The normalized spacial score (nSPS) is 12.3. The van der Waals surface area contributed by atoms with Gasteiger partial charge >= 0.3 is 0 Å². The topological polar surface area (TPSA) is 81.7 Å². The molecular formula is C20H25NO5S. The summed E-state index contributed by atoms with van der Waals surface area (Å²) in [5, 5.41) is 2.91. The molecule has 0 saturated carbocycles. The van der Waals surface area contributed by atoms with Crippen LogP contribution in [0.1, 0.15) is 42.7 Å². The molecule has 0 unspecified atom stereocenters. The van der Waals surface area contributed by atoms with Gasteiger partial charge in [-0.15, -0.1) is 0 Å². The summed E-state index contributed by atoms with van der Waals surface area (Å²) in [7, 11) is -3.29. The van der Waals surface area contributed by atoms with Crippen molar-refractivity contribution in [3.63, 3.8) is 0 Å². The van der Waals surface area contributed by atoms with Gasteiger partial charge in [0.25, 0.3) is 5.91 Å². The Morgan fingerprint density at radius 1 is 1.00 bits per heavy atom. The first-order chi connectivity index (χ1) is 12.8. The lowest BCUT2D eigenvalue weighted by Gasteiger charge is -2.17. The largest absolute Gasteiger partial charge is 0.490 e. The van der Waals surface area contributed by atoms with Gasteiger partial charge in [0.15, 0.2) is 21.3 Å². The second-order valence-electron chi connectivity index (χ2n) is 6.06. The number of benzene rings is 2. The smallest absolute Gasteiger partial charge is 0.251 e. The molecule has 2 aromatic carbocycles. The van der Waals surface area contributed by atoms with E-state index in [2.05, 4.69) is 5.32 Å². The number of amides is 1. The standard InChI is InChI=1S/C20H25NO5S/c1-5-25-18-12-9-16(13-19(18)26-6-2)14(3)21-20(22)15-7-10-17(11-8-15)27(4,23)24/h7-14H,5-6H2,1-4H3,(H,21,22)/t14-/m1/s1. The van der Waals surface area contributed by atoms with Gasteiger partial charge in [-0.1, -0.05) is 6.07 Å². The third-order valence-electron chi connectivity index (χ3n) is 3.96. The predicted octanol–water partition coefficient (Wildman–Crippen LogP) is 3.38. The minimum atomic E-state index is -3.29. The summed E-state index contributed by atoms with van der Waals surface area (Å²) in [5.74, 6) is 1.02. The van der Waals surface area contributed by atoms with Gasteiger partial charge in [0.2, 0.25) is 0 Å². The summed E-state index contributed by atoms with van der Waals surface area (Å²) in [4.78, 5) is 12.6. The van der Waals surface area contributed by atoms with Crippen molar-refractivity contribution < 1.29 is 22.7 Å². The molecular weight excluding hydrogens is 366 g/mol. The Balaban J connectivity index is 2.15. The Hall–Kier alpha value is -2.54. The molecule has 1 N–H and O–H groups in total. The highest BCUT2D eigenvalue weighted by Crippen LogP contribution is 2.30. The first-order valence-electron chi connectivity index (χ1n) is 8.76. The fourth-order valence-corrected chi connectivity index (χ4v) is 3.18. The first-order valence-corrected chi connectivity index (χ1v) is 10.7. The van der Waals surface area contributed by atoms with Crippen LogP contribution in [-0.4, -0.2) is 33.8 Å². The van der Waals surface area contributed by atoms with Crippen LogP contribution in [0.2, 0.25) is 0 Å². The minimum absolute atomic E-state index is 0.181. The number of carbonyl (C=O) groups excluding carboxylic acids is 1. The average Bonchev–Trinajstić information content (AvgIpc) is 2.63. The third kappa shape index (κ3) is 5.47. The van der Waals surface area contributed by atoms with Crippen LogP contribution >= 0.6 is 0 Å². The van der Waals surface area contributed by atoms with Crippen LogP contribution in [0.25, 0.3) is 0 Å². The number of hydrogen-bond acceptors (Lipinski definition) is 5. The van der Waals surface area contributed by atoms with Crippen LogP contribution in [0.5, 0.6) is 11.5 Å². The van der Waals surface area contributed by atoms with E-state index in [0.717, 1.165) is 11.8 Å². The zero-order valence-electron chi connectivity index (χ0n) is 16.0. The highest BCUT2D eigenvalue weighted by atomic mass is 32.2. The monoisotopic (exact) mass is 391 g/mol. The van der Waals surface area contributed by atoms with Crippen LogP contribution in [0.4, 0.5) is 0 Å². The summed E-state index contributed by atoms with van der Waals surface area (Å²) in [6, 6.07) is 11.2. The molecule has 0 radical (unpaired) electrons. The fourth-order valence-electron chi connectivity index (χ4n) is 2.55. The number of carbonyl (C=O) groups is 1. The molecule has 6 nitrogen and oxygen atoms in total. The summed E-state index contributed by atoms with van der Waals surface area (Å²) >= 11 is 0. The maximum Gasteiger partial charge on any atom is 0.251 e. The maximum absolute atomic E-state index is 12.5. The lowest BCUT2D eigenvalue weighted by molar-refractivity contribution is 0.0939. The van der Waals surface area contributed by atoms with Gasteiger partial charge in [-0.3, -0.25) is 4.79 Å². The van der Waals surface area contributed by atoms with E-state index in [1.807, 2.05) is 39.0 Å². The minimum Gasteiger partial charge on any atom is -0.490 e. The van der Waals surface area contributed by atoms with Gasteiger partial charge in [0, 0.05) is 11.8 Å². The van der Waals surface area contributed by atoms with E-state index in [4.69, 9.17) is 9.47 Å². The second-order valence-corrected chi connectivity index (χ2v) is 8.08. The van der Waals surface area contributed by atoms with Crippen molar-refractivity contribution >= 4 is 15.7 Å². The molecule has 1 amide bonds. The summed E-state index contributed by atoms with van der Waals surface area (Å²) in [6.45, 7) is 6.72. The van der Waals surface area contributed by atoms with Crippen molar-refractivity contribution in [1.29, 1.82) is 0 Å². The van der Waals surface area contributed by atoms with Crippen molar-refractivity contribution in [2.45, 2.75) is 31.7 Å². The van der Waals surface area contributed by atoms with Crippen LogP contribution in [0, 0.1) is 0 Å². The Morgan fingerprint density at radius 3 is 2.15 bits per heavy atom. The van der Waals surface area contributed by atoms with Gasteiger partial charge in [-0.25, -0.2) is 8.42 Å². The van der Waals surface area contributed by atoms with Crippen molar-refractivity contribution in [3.05, 3.63) is 53.6 Å². The number of rotatable bonds is 8. The van der Waals surface area contributed by atoms with Gasteiger partial charge < -0.3 is 14.8 Å². The number of nitrogens with one attached hydrogen (secondary N) is 1. The molecule has 0 bridgehead atoms. The van der Waals surface area contributed by atoms with Crippen LogP contribution in [0.15, 0.2) is 47.4 Å². The fraction of sp³-hybridized carbons (Fsp3) is 0.350. The number of ether oxygens (including phenoxy) is 2. The van der Waals surface area contributed by atoms with Gasteiger partial charge in [-0.05, 0) is 62.7 Å². The third-order valence-corrected chi connectivity index (χ3v) is 5.09. The summed E-state index contributed by atoms with van der Waals surface area (Å²) in [6.07, 6.45) is 1.13. The molecule has 0 aliphatic heterocycles. The SMILES string of the molecule is CCOc1ccc([C@@H](C)NC(=O)c2ccc(S(C)(=O)=O)cc2)cc1OCC. The van der Waals surface area contributed by atoms with Crippen LogP contribution < -0.4 is 14.8 Å². The van der Waals surface area contributed by atoms with E-state index in [0.29, 0.717) is 30.3 Å². The van der Waals surface area contributed by atoms with E-state index in [-0.39, 0.29) is 16.8 Å². The van der Waals surface area contributed by atoms with Gasteiger partial charge in [-0.2, -0.15) is 0 Å². The molecule has 27 heavy (non-hydrogen) atoms. The molecule has 0 heterocycles. The zero-order valence-corrected chi connectivity index (χ0v) is 16.8. The molecule has 0 spiro atoms. The van der Waals surface area contributed by atoms with Gasteiger partial charge in [0.05, 0.1) is 24.2 Å². The molecule has 146 valence electrons. The Morgan fingerprint density at radius 2 is 1.59 bits per heavy atom. The molecule has 2 aromatic rings. The van der Waals surface area contributed by atoms with E-state index in [9.17, 15) is 13.2 Å². The number of sulfone groups is 1. The van der Waals surface area contributed by atoms with Crippen LogP contribution in [-0.2, 0) is 9.84 Å². The molecule has 0 aliphatic carbocycles. The molecule has 0 fully saturated rings. The van der Waals surface area contributed by atoms with E-state index in [1.54, 1.807) is 0 Å². The highest BCUT2D eigenvalue weighted by molar-refractivity contribution is 7.90. The van der Waals surface area contributed by atoms with E-state index in [1.165, 1.54) is 24.3 Å². The van der Waals surface area contributed by atoms with Crippen molar-refractivity contribution in [2.24, 2.45) is 0 Å². The summed E-state index contributed by atoms with van der Waals surface area (Å²) < 4.78 is 34.2. The highest BCUT2D eigenvalue weighted by Gasteiger charge is 2.15. The molecule has 0 aliphatic rings. The number of hydrogen-bond donors (Lipinski definition) is 1. The lowest BCUT2D eigenvalue weighted by atomic mass is 10.1. The summed E-state index contributed by atoms with van der Waals surface area (Å²) in [5.41, 5.74) is 1.27. The second kappa shape index (κ2) is 8.90. The Bertz CT molecular complexity index is 891. The molecule has 0 aromatic heterocycles. The molecule has 2 rings (SSSR count). The Kier molecular flexibility index (Phi) is 6.85. The molecule has 0 saturated heterocycles. The molecule has 7 heteroatoms. The Labute approximate surface area is 160 Å². The molecule has 1 atom stereocenters.